The van der Waals surface area contributed by atoms with Crippen LogP contribution in [-0.2, 0) is 14.1 Å². The zero-order valence-corrected chi connectivity index (χ0v) is 12.4. The van der Waals surface area contributed by atoms with Crippen LogP contribution in [0.25, 0.3) is 22.6 Å². The van der Waals surface area contributed by atoms with E-state index in [9.17, 15) is 14.8 Å². The normalized spacial score (nSPS) is 11.0. The third kappa shape index (κ3) is 1.96. The lowest BCUT2D eigenvalue weighted by Crippen LogP contribution is -2.45. The summed E-state index contributed by atoms with van der Waals surface area (Å²) in [5.41, 5.74) is -1.15. The number of rotatable bonds is 1. The largest absolute Gasteiger partial charge is 0.710 e. The van der Waals surface area contributed by atoms with Gasteiger partial charge in [-0.15, -0.1) is 0 Å². The van der Waals surface area contributed by atoms with Gasteiger partial charge >= 0.3 is 17.1 Å². The van der Waals surface area contributed by atoms with Crippen molar-refractivity contribution >= 4 is 22.8 Å². The lowest BCUT2D eigenvalue weighted by atomic mass is 10.2. The number of aromatic nitrogens is 5. The summed E-state index contributed by atoms with van der Waals surface area (Å²) in [7, 11) is 2.72. The van der Waals surface area contributed by atoms with Crippen molar-refractivity contribution in [1.82, 2.24) is 19.3 Å². The van der Waals surface area contributed by atoms with Crippen LogP contribution in [0, 0.1) is 5.21 Å². The molecule has 0 saturated carbocycles. The third-order valence-corrected chi connectivity index (χ3v) is 3.60. The SMILES string of the molecule is Cn1c(=O)c2c(nnc(-c3ccc(Cl)cc3)[n+]2[O-])n(C)c1=O. The highest BCUT2D eigenvalue weighted by atomic mass is 35.5. The minimum absolute atomic E-state index is 0.0417. The molecule has 0 saturated heterocycles. The standard InChI is InChI=1S/C13H10ClN5O3/c1-17-11-9(12(20)18(2)13(17)21)19(22)10(15-16-11)7-3-5-8(14)6-4-7/h3-6H,1-2H3. The smallest absolute Gasteiger partial charge is 0.361 e. The molecule has 3 rings (SSSR count). The van der Waals surface area contributed by atoms with E-state index in [1.54, 1.807) is 24.3 Å². The molecule has 0 aliphatic carbocycles. The number of aryl methyl sites for hydroxylation is 1. The first-order valence-electron chi connectivity index (χ1n) is 6.23. The van der Waals surface area contributed by atoms with Gasteiger partial charge < -0.3 is 5.21 Å². The second-order valence-electron chi connectivity index (χ2n) is 4.70. The van der Waals surface area contributed by atoms with Crippen molar-refractivity contribution in [3.8, 4) is 11.4 Å². The molecule has 22 heavy (non-hydrogen) atoms. The van der Waals surface area contributed by atoms with Gasteiger partial charge in [-0.25, -0.2) is 9.52 Å². The number of hydrogen-bond acceptors (Lipinski definition) is 5. The van der Waals surface area contributed by atoms with Crippen molar-refractivity contribution in [3.63, 3.8) is 0 Å². The molecule has 0 aliphatic heterocycles. The Balaban J connectivity index is 2.42. The highest BCUT2D eigenvalue weighted by molar-refractivity contribution is 6.30. The van der Waals surface area contributed by atoms with E-state index in [0.29, 0.717) is 15.3 Å². The topological polar surface area (TPSA) is 96.7 Å². The average Bonchev–Trinajstić information content (AvgIpc) is 2.51. The lowest BCUT2D eigenvalue weighted by molar-refractivity contribution is -0.569. The van der Waals surface area contributed by atoms with E-state index in [4.69, 9.17) is 11.6 Å². The van der Waals surface area contributed by atoms with Crippen LogP contribution >= 0.6 is 11.6 Å². The Hall–Kier alpha value is -2.74. The molecule has 9 heteroatoms. The molecule has 0 amide bonds. The van der Waals surface area contributed by atoms with Crippen molar-refractivity contribution < 1.29 is 4.73 Å². The predicted molar refractivity (Wildman–Crippen MR) is 79.4 cm³/mol. The van der Waals surface area contributed by atoms with E-state index in [1.807, 2.05) is 0 Å². The number of hydrogen-bond donors (Lipinski definition) is 0. The first-order chi connectivity index (χ1) is 10.4. The molecule has 0 N–H and O–H groups in total. The summed E-state index contributed by atoms with van der Waals surface area (Å²) < 4.78 is 2.33. The van der Waals surface area contributed by atoms with Gasteiger partial charge in [-0.3, -0.25) is 13.9 Å². The summed E-state index contributed by atoms with van der Waals surface area (Å²) in [6.07, 6.45) is 0. The summed E-state index contributed by atoms with van der Waals surface area (Å²) in [6, 6.07) is 6.39. The highest BCUT2D eigenvalue weighted by Crippen LogP contribution is 2.16. The number of nitrogens with zero attached hydrogens (tertiary/aromatic N) is 5. The molecule has 0 bridgehead atoms. The first kappa shape index (κ1) is 14.2. The van der Waals surface area contributed by atoms with Gasteiger partial charge in [-0.2, -0.15) is 0 Å². The molecule has 112 valence electrons. The minimum Gasteiger partial charge on any atom is -0.710 e. The Kier molecular flexibility index (Phi) is 3.18. The van der Waals surface area contributed by atoms with Crippen LogP contribution in [-0.4, -0.2) is 19.3 Å². The fraction of sp³-hybridized carbons (Fsp3) is 0.154. The molecule has 0 fully saturated rings. The van der Waals surface area contributed by atoms with Crippen LogP contribution in [0.3, 0.4) is 0 Å². The van der Waals surface area contributed by atoms with E-state index in [1.165, 1.54) is 14.1 Å². The summed E-state index contributed by atoms with van der Waals surface area (Å²) >= 11 is 5.81. The Morgan fingerprint density at radius 3 is 2.36 bits per heavy atom. The van der Waals surface area contributed by atoms with Crippen LogP contribution < -0.4 is 16.0 Å². The minimum atomic E-state index is -0.724. The average molecular weight is 320 g/mol. The van der Waals surface area contributed by atoms with Gasteiger partial charge in [-0.1, -0.05) is 11.6 Å². The molecule has 0 atom stereocenters. The van der Waals surface area contributed by atoms with Crippen molar-refractivity contribution in [2.75, 3.05) is 0 Å². The van der Waals surface area contributed by atoms with E-state index < -0.39 is 11.2 Å². The molecule has 8 nitrogen and oxygen atoms in total. The lowest BCUT2D eigenvalue weighted by Gasteiger charge is -2.10. The maximum Gasteiger partial charge on any atom is 0.361 e. The summed E-state index contributed by atoms with van der Waals surface area (Å²) in [5, 5.41) is 20.7. The molecular weight excluding hydrogens is 310 g/mol. The second kappa shape index (κ2) is 4.92. The molecule has 0 radical (unpaired) electrons. The molecule has 2 heterocycles. The van der Waals surface area contributed by atoms with Crippen LogP contribution in [0.2, 0.25) is 5.02 Å². The van der Waals surface area contributed by atoms with Gasteiger partial charge in [-0.05, 0) is 29.4 Å². The quantitative estimate of drug-likeness (QED) is 0.464. The van der Waals surface area contributed by atoms with E-state index in [-0.39, 0.29) is 17.0 Å². The van der Waals surface area contributed by atoms with Gasteiger partial charge in [0.05, 0.1) is 10.7 Å². The third-order valence-electron chi connectivity index (χ3n) is 3.35. The fourth-order valence-corrected chi connectivity index (χ4v) is 2.25. The highest BCUT2D eigenvalue weighted by Gasteiger charge is 2.22. The van der Waals surface area contributed by atoms with E-state index in [2.05, 4.69) is 10.2 Å². The van der Waals surface area contributed by atoms with Crippen LogP contribution in [0.15, 0.2) is 33.9 Å². The van der Waals surface area contributed by atoms with Gasteiger partial charge in [0.15, 0.2) is 0 Å². The molecular formula is C13H10ClN5O3. The Labute approximate surface area is 128 Å². The van der Waals surface area contributed by atoms with Crippen molar-refractivity contribution in [3.05, 3.63) is 55.3 Å². The van der Waals surface area contributed by atoms with Gasteiger partial charge in [0.1, 0.15) is 0 Å². The summed E-state index contributed by atoms with van der Waals surface area (Å²) in [5.74, 6) is -0.0417. The first-order valence-corrected chi connectivity index (χ1v) is 6.61. The van der Waals surface area contributed by atoms with Gasteiger partial charge in [0.25, 0.3) is 0 Å². The van der Waals surface area contributed by atoms with Crippen LogP contribution in [0.1, 0.15) is 0 Å². The van der Waals surface area contributed by atoms with Crippen molar-refractivity contribution in [1.29, 1.82) is 0 Å². The van der Waals surface area contributed by atoms with Gasteiger partial charge in [0.2, 0.25) is 11.2 Å². The zero-order valence-electron chi connectivity index (χ0n) is 11.6. The van der Waals surface area contributed by atoms with Gasteiger partial charge in [0, 0.05) is 19.1 Å². The predicted octanol–water partition coefficient (Wildman–Crippen LogP) is -0.0190. The Morgan fingerprint density at radius 2 is 1.73 bits per heavy atom. The summed E-state index contributed by atoms with van der Waals surface area (Å²) in [6.45, 7) is 0. The van der Waals surface area contributed by atoms with Crippen molar-refractivity contribution in [2.45, 2.75) is 0 Å². The fourth-order valence-electron chi connectivity index (χ4n) is 2.12. The van der Waals surface area contributed by atoms with E-state index >= 15 is 0 Å². The Morgan fingerprint density at radius 1 is 1.09 bits per heavy atom. The zero-order chi connectivity index (χ0) is 16.0. The van der Waals surface area contributed by atoms with E-state index in [0.717, 1.165) is 9.13 Å². The van der Waals surface area contributed by atoms with Crippen molar-refractivity contribution in [2.24, 2.45) is 14.1 Å². The number of benzene rings is 1. The molecule has 3 aromatic rings. The number of halogens is 1. The summed E-state index contributed by atoms with van der Waals surface area (Å²) in [4.78, 5) is 24.0. The molecule has 0 aliphatic rings. The maximum atomic E-state index is 12.5. The molecule has 0 spiro atoms. The maximum absolute atomic E-state index is 12.5. The Bertz CT molecular complexity index is 1010. The monoisotopic (exact) mass is 319 g/mol. The van der Waals surface area contributed by atoms with Crippen LogP contribution in [0.4, 0.5) is 0 Å². The molecule has 0 unspecified atom stereocenters. The number of fused-ring (bicyclic) bond motifs is 1. The second-order valence-corrected chi connectivity index (χ2v) is 5.14. The molecule has 1 aromatic carbocycles. The molecule has 2 aromatic heterocycles. The van der Waals surface area contributed by atoms with Crippen LogP contribution in [0.5, 0.6) is 0 Å².